The molecule has 19 heavy (non-hydrogen) atoms. The van der Waals surface area contributed by atoms with E-state index in [-0.39, 0.29) is 5.41 Å². The highest BCUT2D eigenvalue weighted by Crippen LogP contribution is 2.24. The van der Waals surface area contributed by atoms with Crippen LogP contribution in [0.2, 0.25) is 0 Å². The normalized spacial score (nSPS) is 13.3. The minimum atomic E-state index is 0.126. The molecule has 1 atom stereocenters. The fourth-order valence-corrected chi connectivity index (χ4v) is 2.09. The Morgan fingerprint density at radius 2 is 1.89 bits per heavy atom. The van der Waals surface area contributed by atoms with Crippen molar-refractivity contribution in [3.63, 3.8) is 0 Å². The van der Waals surface area contributed by atoms with E-state index in [4.69, 9.17) is 10.5 Å². The molecule has 3 heteroatoms. The highest BCUT2D eigenvalue weighted by atomic mass is 16.5. The van der Waals surface area contributed by atoms with Crippen molar-refractivity contribution in [2.24, 2.45) is 5.73 Å². The molecule has 0 saturated carbocycles. The van der Waals surface area contributed by atoms with Crippen molar-refractivity contribution in [2.75, 3.05) is 20.2 Å². The number of hydrogen-bond acceptors (Lipinski definition) is 3. The molecule has 0 aliphatic rings. The molecule has 0 bridgehead atoms. The molecule has 0 heterocycles. The third-order valence-corrected chi connectivity index (χ3v) is 3.45. The Morgan fingerprint density at radius 3 is 2.42 bits per heavy atom. The standard InChI is InChI=1S/C16H28N2O/c1-13(17)6-5-11-18-12-16(2,3)14-7-9-15(19-4)10-8-14/h7-10,13,18H,5-6,11-12,17H2,1-4H3. The first-order valence-corrected chi connectivity index (χ1v) is 7.06. The summed E-state index contributed by atoms with van der Waals surface area (Å²) in [6, 6.07) is 8.63. The first kappa shape index (κ1) is 16.0. The van der Waals surface area contributed by atoms with Crippen LogP contribution in [-0.4, -0.2) is 26.2 Å². The van der Waals surface area contributed by atoms with Gasteiger partial charge in [-0.15, -0.1) is 0 Å². The first-order chi connectivity index (χ1) is 8.95. The number of methoxy groups -OCH3 is 1. The molecule has 1 rings (SSSR count). The summed E-state index contributed by atoms with van der Waals surface area (Å²) in [4.78, 5) is 0. The smallest absolute Gasteiger partial charge is 0.118 e. The van der Waals surface area contributed by atoms with Gasteiger partial charge >= 0.3 is 0 Å². The maximum absolute atomic E-state index is 5.74. The van der Waals surface area contributed by atoms with Crippen LogP contribution >= 0.6 is 0 Å². The summed E-state index contributed by atoms with van der Waals surface area (Å²) in [5.41, 5.74) is 7.19. The van der Waals surface area contributed by atoms with E-state index in [2.05, 4.69) is 38.2 Å². The van der Waals surface area contributed by atoms with Gasteiger partial charge in [-0.3, -0.25) is 0 Å². The Kier molecular flexibility index (Phi) is 6.32. The molecular formula is C16H28N2O. The summed E-state index contributed by atoms with van der Waals surface area (Å²) < 4.78 is 5.19. The second-order valence-corrected chi connectivity index (χ2v) is 5.91. The monoisotopic (exact) mass is 264 g/mol. The zero-order valence-corrected chi connectivity index (χ0v) is 12.7. The lowest BCUT2D eigenvalue weighted by Gasteiger charge is -2.26. The topological polar surface area (TPSA) is 47.3 Å². The van der Waals surface area contributed by atoms with Crippen LogP contribution in [-0.2, 0) is 5.41 Å². The average Bonchev–Trinajstić information content (AvgIpc) is 2.38. The molecule has 0 radical (unpaired) electrons. The largest absolute Gasteiger partial charge is 0.497 e. The molecule has 108 valence electrons. The highest BCUT2D eigenvalue weighted by Gasteiger charge is 2.19. The predicted octanol–water partition coefficient (Wildman–Crippen LogP) is 2.69. The Bertz CT molecular complexity index is 358. The SMILES string of the molecule is COc1ccc(C(C)(C)CNCCCC(C)N)cc1. The molecule has 1 aromatic rings. The zero-order valence-electron chi connectivity index (χ0n) is 12.7. The fraction of sp³-hybridized carbons (Fsp3) is 0.625. The van der Waals surface area contributed by atoms with E-state index in [0.29, 0.717) is 6.04 Å². The van der Waals surface area contributed by atoms with E-state index < -0.39 is 0 Å². The van der Waals surface area contributed by atoms with E-state index in [9.17, 15) is 0 Å². The van der Waals surface area contributed by atoms with E-state index >= 15 is 0 Å². The van der Waals surface area contributed by atoms with Gasteiger partial charge in [0.2, 0.25) is 0 Å². The summed E-state index contributed by atoms with van der Waals surface area (Å²) in [6.07, 6.45) is 2.21. The van der Waals surface area contributed by atoms with Crippen LogP contribution < -0.4 is 15.8 Å². The molecule has 1 aromatic carbocycles. The predicted molar refractivity (Wildman–Crippen MR) is 81.8 cm³/mol. The summed E-state index contributed by atoms with van der Waals surface area (Å²) in [5.74, 6) is 0.907. The molecule has 0 aliphatic heterocycles. The molecule has 0 saturated heterocycles. The highest BCUT2D eigenvalue weighted by molar-refractivity contribution is 5.31. The second kappa shape index (κ2) is 7.51. The number of nitrogens with one attached hydrogen (secondary N) is 1. The molecule has 3 nitrogen and oxygen atoms in total. The van der Waals surface area contributed by atoms with Crippen molar-refractivity contribution in [2.45, 2.75) is 45.1 Å². The van der Waals surface area contributed by atoms with Crippen LogP contribution in [0, 0.1) is 0 Å². The Hall–Kier alpha value is -1.06. The maximum atomic E-state index is 5.74. The molecular weight excluding hydrogens is 236 g/mol. The van der Waals surface area contributed by atoms with Crippen molar-refractivity contribution in [3.05, 3.63) is 29.8 Å². The van der Waals surface area contributed by atoms with Gasteiger partial charge in [0.25, 0.3) is 0 Å². The number of ether oxygens (including phenoxy) is 1. The van der Waals surface area contributed by atoms with Crippen LogP contribution in [0.1, 0.15) is 39.2 Å². The van der Waals surface area contributed by atoms with E-state index in [1.807, 2.05) is 12.1 Å². The van der Waals surface area contributed by atoms with Crippen LogP contribution in [0.25, 0.3) is 0 Å². The van der Waals surface area contributed by atoms with Gasteiger partial charge in [0.1, 0.15) is 5.75 Å². The van der Waals surface area contributed by atoms with Crippen molar-refractivity contribution in [3.8, 4) is 5.75 Å². The summed E-state index contributed by atoms with van der Waals surface area (Å²) >= 11 is 0. The van der Waals surface area contributed by atoms with Crippen molar-refractivity contribution < 1.29 is 4.74 Å². The van der Waals surface area contributed by atoms with Gasteiger partial charge in [-0.25, -0.2) is 0 Å². The van der Waals surface area contributed by atoms with Crippen molar-refractivity contribution >= 4 is 0 Å². The Labute approximate surface area is 117 Å². The number of benzene rings is 1. The zero-order chi connectivity index (χ0) is 14.3. The number of hydrogen-bond donors (Lipinski definition) is 2. The molecule has 3 N–H and O–H groups in total. The molecule has 1 unspecified atom stereocenters. The molecule has 0 aromatic heterocycles. The van der Waals surface area contributed by atoms with Gasteiger partial charge in [0, 0.05) is 18.0 Å². The lowest BCUT2D eigenvalue weighted by molar-refractivity contribution is 0.413. The summed E-state index contributed by atoms with van der Waals surface area (Å²) in [7, 11) is 1.69. The minimum Gasteiger partial charge on any atom is -0.497 e. The number of rotatable bonds is 8. The van der Waals surface area contributed by atoms with Gasteiger partial charge in [0.05, 0.1) is 7.11 Å². The van der Waals surface area contributed by atoms with Crippen molar-refractivity contribution in [1.29, 1.82) is 0 Å². The van der Waals surface area contributed by atoms with E-state index in [1.165, 1.54) is 5.56 Å². The number of nitrogens with two attached hydrogens (primary N) is 1. The third kappa shape index (κ3) is 5.62. The van der Waals surface area contributed by atoms with Gasteiger partial charge in [-0.05, 0) is 44.0 Å². The Morgan fingerprint density at radius 1 is 1.26 bits per heavy atom. The molecule has 0 spiro atoms. The average molecular weight is 264 g/mol. The molecule has 0 fully saturated rings. The molecule has 0 aliphatic carbocycles. The molecule has 0 amide bonds. The van der Waals surface area contributed by atoms with E-state index in [0.717, 1.165) is 31.7 Å². The van der Waals surface area contributed by atoms with Crippen LogP contribution in [0.5, 0.6) is 5.75 Å². The lowest BCUT2D eigenvalue weighted by atomic mass is 9.84. The van der Waals surface area contributed by atoms with E-state index in [1.54, 1.807) is 7.11 Å². The first-order valence-electron chi connectivity index (χ1n) is 7.06. The minimum absolute atomic E-state index is 0.126. The lowest BCUT2D eigenvalue weighted by Crippen LogP contribution is -2.33. The summed E-state index contributed by atoms with van der Waals surface area (Å²) in [6.45, 7) is 8.57. The Balaban J connectivity index is 2.41. The van der Waals surface area contributed by atoms with Gasteiger partial charge in [-0.2, -0.15) is 0 Å². The van der Waals surface area contributed by atoms with Gasteiger partial charge < -0.3 is 15.8 Å². The fourth-order valence-electron chi connectivity index (χ4n) is 2.09. The van der Waals surface area contributed by atoms with Gasteiger partial charge in [0.15, 0.2) is 0 Å². The van der Waals surface area contributed by atoms with Crippen LogP contribution in [0.15, 0.2) is 24.3 Å². The maximum Gasteiger partial charge on any atom is 0.118 e. The quantitative estimate of drug-likeness (QED) is 0.710. The van der Waals surface area contributed by atoms with Gasteiger partial charge in [-0.1, -0.05) is 26.0 Å². The van der Waals surface area contributed by atoms with Crippen LogP contribution in [0.3, 0.4) is 0 Å². The van der Waals surface area contributed by atoms with Crippen molar-refractivity contribution in [1.82, 2.24) is 5.32 Å². The third-order valence-electron chi connectivity index (χ3n) is 3.45. The summed E-state index contributed by atoms with van der Waals surface area (Å²) in [5, 5.41) is 3.52. The van der Waals surface area contributed by atoms with Crippen LogP contribution in [0.4, 0.5) is 0 Å². The second-order valence-electron chi connectivity index (χ2n) is 5.91.